The first kappa shape index (κ1) is 24.5. The zero-order chi connectivity index (χ0) is 26.6. The lowest BCUT2D eigenvalue weighted by molar-refractivity contribution is -0.147. The lowest BCUT2D eigenvalue weighted by Gasteiger charge is -2.29. The zero-order valence-electron chi connectivity index (χ0n) is 20.8. The van der Waals surface area contributed by atoms with E-state index in [9.17, 15) is 18.0 Å². The Bertz CT molecular complexity index is 1560. The van der Waals surface area contributed by atoms with Gasteiger partial charge in [0, 0.05) is 54.9 Å². The molecule has 4 aromatic heterocycles. The van der Waals surface area contributed by atoms with Gasteiger partial charge in [-0.05, 0) is 37.8 Å². The summed E-state index contributed by atoms with van der Waals surface area (Å²) < 4.78 is 54.9. The number of ether oxygens (including phenoxy) is 2. The number of pyridine rings is 2. The van der Waals surface area contributed by atoms with Crippen LogP contribution < -0.4 is 10.3 Å². The average Bonchev–Trinajstić information content (AvgIpc) is 3.65. The Labute approximate surface area is 215 Å². The molecule has 2 aliphatic rings. The van der Waals surface area contributed by atoms with Crippen molar-refractivity contribution < 1.29 is 22.6 Å². The van der Waals surface area contributed by atoms with Crippen molar-refractivity contribution in [1.82, 2.24) is 29.3 Å². The second-order valence-corrected chi connectivity index (χ2v) is 9.74. The van der Waals surface area contributed by atoms with E-state index in [1.807, 2.05) is 17.1 Å². The molecular formula is C26H25F3N6O3. The molecule has 0 radical (unpaired) electrons. The fourth-order valence-corrected chi connectivity index (χ4v) is 4.95. The van der Waals surface area contributed by atoms with Crippen LogP contribution in [-0.2, 0) is 18.0 Å². The van der Waals surface area contributed by atoms with Gasteiger partial charge in [0.05, 0.1) is 36.5 Å². The summed E-state index contributed by atoms with van der Waals surface area (Å²) >= 11 is 0. The van der Waals surface area contributed by atoms with Gasteiger partial charge in [0.1, 0.15) is 5.52 Å². The van der Waals surface area contributed by atoms with Gasteiger partial charge in [-0.2, -0.15) is 18.3 Å². The number of methoxy groups -OCH3 is 1. The van der Waals surface area contributed by atoms with E-state index in [0.717, 1.165) is 25.5 Å². The minimum Gasteiger partial charge on any atom is -0.481 e. The highest BCUT2D eigenvalue weighted by atomic mass is 19.4. The van der Waals surface area contributed by atoms with Crippen LogP contribution in [0, 0.1) is 0 Å². The van der Waals surface area contributed by atoms with Gasteiger partial charge in [0.15, 0.2) is 0 Å². The van der Waals surface area contributed by atoms with E-state index in [1.165, 1.54) is 13.3 Å². The highest BCUT2D eigenvalue weighted by Crippen LogP contribution is 2.40. The van der Waals surface area contributed by atoms with Crippen LogP contribution in [0.15, 0.2) is 41.6 Å². The topological polar surface area (TPSA) is 97.0 Å². The summed E-state index contributed by atoms with van der Waals surface area (Å²) in [7, 11) is 2.54. The fraction of sp³-hybridized carbons (Fsp3) is 0.423. The predicted octanol–water partition coefficient (Wildman–Crippen LogP) is 4.58. The van der Waals surface area contributed by atoms with E-state index >= 15 is 0 Å². The number of aromatic nitrogens is 6. The highest BCUT2D eigenvalue weighted by molar-refractivity contribution is 5.91. The molecule has 0 spiro atoms. The lowest BCUT2D eigenvalue weighted by atomic mass is 9.89. The van der Waals surface area contributed by atoms with Crippen molar-refractivity contribution >= 4 is 10.9 Å². The smallest absolute Gasteiger partial charge is 0.449 e. The van der Waals surface area contributed by atoms with Gasteiger partial charge >= 0.3 is 6.18 Å². The van der Waals surface area contributed by atoms with Crippen molar-refractivity contribution in [3.63, 3.8) is 0 Å². The SMILES string of the molecule is COc1ccc(-c2nc([C@H]3CCO[C@@H](c4cnn(C5CC5)c4)C3)cc3c(=O)n(C)c(C(F)(F)F)nc23)cn1. The maximum atomic E-state index is 13.7. The molecule has 9 nitrogen and oxygen atoms in total. The summed E-state index contributed by atoms with van der Waals surface area (Å²) in [5.41, 5.74) is 1.27. The Kier molecular flexibility index (Phi) is 5.93. The van der Waals surface area contributed by atoms with Crippen molar-refractivity contribution in [2.45, 2.75) is 49.9 Å². The van der Waals surface area contributed by atoms with Crippen LogP contribution in [0.3, 0.4) is 0 Å². The second-order valence-electron chi connectivity index (χ2n) is 9.74. The van der Waals surface area contributed by atoms with Gasteiger partial charge in [0.25, 0.3) is 5.56 Å². The van der Waals surface area contributed by atoms with E-state index in [4.69, 9.17) is 14.5 Å². The molecule has 6 rings (SSSR count). The van der Waals surface area contributed by atoms with Crippen LogP contribution in [0.2, 0.25) is 0 Å². The third kappa shape index (κ3) is 4.42. The summed E-state index contributed by atoms with van der Waals surface area (Å²) in [6.45, 7) is 0.479. The van der Waals surface area contributed by atoms with Crippen molar-refractivity contribution in [2.24, 2.45) is 7.05 Å². The van der Waals surface area contributed by atoms with Crippen LogP contribution in [0.5, 0.6) is 5.88 Å². The first-order chi connectivity index (χ1) is 18.2. The molecule has 1 saturated heterocycles. The van der Waals surface area contributed by atoms with Crippen LogP contribution in [0.1, 0.15) is 60.8 Å². The molecule has 1 aliphatic carbocycles. The van der Waals surface area contributed by atoms with Crippen molar-refractivity contribution in [2.75, 3.05) is 13.7 Å². The number of halogens is 3. The third-order valence-electron chi connectivity index (χ3n) is 7.17. The molecule has 4 aromatic rings. The Morgan fingerprint density at radius 1 is 1.13 bits per heavy atom. The Hall–Kier alpha value is -3.80. The number of nitrogens with zero attached hydrogens (tertiary/aromatic N) is 6. The molecule has 198 valence electrons. The average molecular weight is 527 g/mol. The van der Waals surface area contributed by atoms with E-state index in [2.05, 4.69) is 15.1 Å². The fourth-order valence-electron chi connectivity index (χ4n) is 4.95. The minimum atomic E-state index is -4.81. The summed E-state index contributed by atoms with van der Waals surface area (Å²) in [6.07, 6.45) is 3.79. The van der Waals surface area contributed by atoms with Crippen molar-refractivity contribution in [3.05, 3.63) is 64.2 Å². The quantitative estimate of drug-likeness (QED) is 0.375. The van der Waals surface area contributed by atoms with Gasteiger partial charge in [-0.25, -0.2) is 9.97 Å². The van der Waals surface area contributed by atoms with Crippen molar-refractivity contribution in [1.29, 1.82) is 0 Å². The maximum absolute atomic E-state index is 13.7. The van der Waals surface area contributed by atoms with E-state index < -0.39 is 17.6 Å². The minimum absolute atomic E-state index is 0.0703. The lowest BCUT2D eigenvalue weighted by Crippen LogP contribution is -2.28. The Morgan fingerprint density at radius 3 is 2.63 bits per heavy atom. The van der Waals surface area contributed by atoms with E-state index in [0.29, 0.717) is 47.2 Å². The zero-order valence-corrected chi connectivity index (χ0v) is 20.8. The monoisotopic (exact) mass is 526 g/mol. The van der Waals surface area contributed by atoms with Crippen LogP contribution in [-0.4, -0.2) is 43.0 Å². The maximum Gasteiger partial charge on any atom is 0.449 e. The third-order valence-corrected chi connectivity index (χ3v) is 7.17. The molecule has 0 N–H and O–H groups in total. The molecule has 2 atom stereocenters. The molecule has 0 bridgehead atoms. The Morgan fingerprint density at radius 2 is 1.95 bits per heavy atom. The highest BCUT2D eigenvalue weighted by Gasteiger charge is 2.37. The molecule has 38 heavy (non-hydrogen) atoms. The van der Waals surface area contributed by atoms with Gasteiger partial charge < -0.3 is 9.47 Å². The van der Waals surface area contributed by atoms with Crippen LogP contribution in [0.4, 0.5) is 13.2 Å². The normalized spacial score (nSPS) is 20.1. The molecule has 2 fully saturated rings. The molecule has 5 heterocycles. The predicted molar refractivity (Wildman–Crippen MR) is 131 cm³/mol. The molecule has 0 amide bonds. The van der Waals surface area contributed by atoms with Crippen LogP contribution in [0.25, 0.3) is 22.2 Å². The second kappa shape index (κ2) is 9.19. The van der Waals surface area contributed by atoms with Crippen molar-refractivity contribution in [3.8, 4) is 17.1 Å². The first-order valence-electron chi connectivity index (χ1n) is 12.4. The summed E-state index contributed by atoms with van der Waals surface area (Å²) in [5.74, 6) is -1.03. The molecule has 0 aromatic carbocycles. The summed E-state index contributed by atoms with van der Waals surface area (Å²) in [4.78, 5) is 26.0. The number of fused-ring (bicyclic) bond motifs is 1. The molecule has 1 saturated carbocycles. The molecular weight excluding hydrogens is 501 g/mol. The standard InChI is InChI=1S/C26H25F3N6O3/c1-34-24(36)18-10-19(14-7-8-38-20(9-14)16-12-31-35(13-16)17-4-5-17)32-22(15-3-6-21(37-2)30-11-15)23(18)33-25(34)26(27,28)29/h3,6,10-14,17,20H,4-5,7-9H2,1-2H3/t14-,20+/m0/s1. The molecule has 0 unspecified atom stereocenters. The van der Waals surface area contributed by atoms with Gasteiger partial charge in [-0.1, -0.05) is 0 Å². The van der Waals surface area contributed by atoms with E-state index in [-0.39, 0.29) is 28.6 Å². The largest absolute Gasteiger partial charge is 0.481 e. The van der Waals surface area contributed by atoms with Gasteiger partial charge in [0.2, 0.25) is 11.7 Å². The molecule has 1 aliphatic heterocycles. The number of rotatable bonds is 5. The number of hydrogen-bond acceptors (Lipinski definition) is 7. The first-order valence-corrected chi connectivity index (χ1v) is 12.4. The molecule has 12 heteroatoms. The van der Waals surface area contributed by atoms with Crippen LogP contribution >= 0.6 is 0 Å². The van der Waals surface area contributed by atoms with Gasteiger partial charge in [-0.15, -0.1) is 0 Å². The summed E-state index contributed by atoms with van der Waals surface area (Å²) in [5, 5.41) is 4.54. The number of hydrogen-bond donors (Lipinski definition) is 0. The van der Waals surface area contributed by atoms with E-state index in [1.54, 1.807) is 18.2 Å². The number of alkyl halides is 3. The van der Waals surface area contributed by atoms with Gasteiger partial charge in [-0.3, -0.25) is 19.0 Å². The Balaban J connectivity index is 1.46. The summed E-state index contributed by atoms with van der Waals surface area (Å²) in [6, 6.07) is 5.26.